The van der Waals surface area contributed by atoms with Gasteiger partial charge in [0.2, 0.25) is 0 Å². The lowest BCUT2D eigenvalue weighted by molar-refractivity contribution is 0.837. The lowest BCUT2D eigenvalue weighted by Gasteiger charge is -2.42. The van der Waals surface area contributed by atoms with E-state index in [1.807, 2.05) is 22.7 Å². The van der Waals surface area contributed by atoms with E-state index < -0.39 is 16.1 Å². The topological polar surface area (TPSA) is 0 Å². The van der Waals surface area contributed by atoms with Gasteiger partial charge in [0.25, 0.3) is 0 Å². The summed E-state index contributed by atoms with van der Waals surface area (Å²) in [4.78, 5) is 2.32. The van der Waals surface area contributed by atoms with Gasteiger partial charge < -0.3 is 0 Å². The second kappa shape index (κ2) is 15.2. The predicted molar refractivity (Wildman–Crippen MR) is 241 cm³/mol. The first kappa shape index (κ1) is 38.3. The third kappa shape index (κ3) is 6.45. The van der Waals surface area contributed by atoms with Crippen LogP contribution in [0.1, 0.15) is 104 Å². The molecule has 0 fully saturated rings. The van der Waals surface area contributed by atoms with Gasteiger partial charge in [0.05, 0.1) is 9.75 Å². The largest absolute Gasteiger partial charge is 0.136 e. The van der Waals surface area contributed by atoms with Crippen molar-refractivity contribution in [3.8, 4) is 23.7 Å². The van der Waals surface area contributed by atoms with Crippen LogP contribution in [0.15, 0.2) is 84.9 Å². The maximum absolute atomic E-state index is 3.75. The van der Waals surface area contributed by atoms with Crippen LogP contribution >= 0.6 is 22.7 Å². The third-order valence-corrected chi connectivity index (χ3v) is 30.2. The molecule has 2 aromatic heterocycles. The fraction of sp³-hybridized carbons (Fsp3) is 0.375. The van der Waals surface area contributed by atoms with Crippen molar-refractivity contribution >= 4 is 80.1 Å². The fourth-order valence-corrected chi connectivity index (χ4v) is 30.1. The Morgan fingerprint density at radius 1 is 0.385 bits per heavy atom. The molecule has 0 aliphatic heterocycles. The van der Waals surface area contributed by atoms with Crippen LogP contribution in [0.5, 0.6) is 0 Å². The molecule has 0 saturated carbocycles. The molecule has 0 nitrogen and oxygen atoms in total. The molecule has 4 aromatic carbocycles. The van der Waals surface area contributed by atoms with Crippen LogP contribution in [0.2, 0.25) is 33.2 Å². The minimum absolute atomic E-state index is 0.674. The minimum Gasteiger partial charge on any atom is -0.136 e. The van der Waals surface area contributed by atoms with E-state index in [0.29, 0.717) is 33.2 Å². The lowest BCUT2D eigenvalue weighted by atomic mass is 9.90. The van der Waals surface area contributed by atoms with Gasteiger partial charge >= 0.3 is 0 Å². The Morgan fingerprint density at radius 3 is 1.04 bits per heavy atom. The molecule has 0 unspecified atom stereocenters. The van der Waals surface area contributed by atoms with Crippen molar-refractivity contribution in [1.29, 1.82) is 0 Å². The summed E-state index contributed by atoms with van der Waals surface area (Å²) in [7, 11) is -3.48. The smallest absolute Gasteiger partial charge is 0.107 e. The first-order chi connectivity index (χ1) is 24.7. The lowest BCUT2D eigenvalue weighted by Crippen LogP contribution is -2.54. The molecule has 0 bridgehead atoms. The van der Waals surface area contributed by atoms with E-state index in [0.717, 1.165) is 20.9 Å². The van der Waals surface area contributed by atoms with E-state index >= 15 is 0 Å². The van der Waals surface area contributed by atoms with Gasteiger partial charge in [-0.2, -0.15) is 0 Å². The van der Waals surface area contributed by atoms with E-state index in [-0.39, 0.29) is 0 Å². The zero-order chi connectivity index (χ0) is 37.5. The average molecular weight is 753 g/mol. The Labute approximate surface area is 324 Å². The van der Waals surface area contributed by atoms with Crippen molar-refractivity contribution < 1.29 is 0 Å². The number of rotatable bonds is 8. The van der Waals surface area contributed by atoms with Crippen LogP contribution in [-0.4, -0.2) is 16.1 Å². The molecule has 0 aliphatic carbocycles. The van der Waals surface area contributed by atoms with Crippen LogP contribution in [-0.2, 0) is 0 Å². The Bertz CT molecular complexity index is 2150. The summed E-state index contributed by atoms with van der Waals surface area (Å²) in [5.74, 6) is 14.9. The predicted octanol–water partition coefficient (Wildman–Crippen LogP) is 13.8. The molecule has 4 heteroatoms. The van der Waals surface area contributed by atoms with E-state index in [1.54, 1.807) is 9.00 Å². The quantitative estimate of drug-likeness (QED) is 0.0825. The Hall–Kier alpha value is -3.39. The molecule has 0 saturated heterocycles. The van der Waals surface area contributed by atoms with E-state index in [9.17, 15) is 0 Å². The summed E-state index contributed by atoms with van der Waals surface area (Å²) in [5.41, 5.74) is 6.23. The van der Waals surface area contributed by atoms with Crippen molar-refractivity contribution in [2.24, 2.45) is 0 Å². The summed E-state index contributed by atoms with van der Waals surface area (Å²) in [6.07, 6.45) is 0. The van der Waals surface area contributed by atoms with Crippen molar-refractivity contribution in [1.82, 2.24) is 0 Å². The first-order valence-corrected chi connectivity index (χ1v) is 25.5. The summed E-state index contributed by atoms with van der Waals surface area (Å²) in [5, 5.41) is 7.16. The number of benzene rings is 4. The molecule has 0 amide bonds. The van der Waals surface area contributed by atoms with Crippen molar-refractivity contribution in [2.45, 2.75) is 116 Å². The highest BCUT2D eigenvalue weighted by atomic mass is 32.1. The SMILES string of the molecule is CC(C)[Si](c1ccc(C#Cc2c3ccccc3c(C#Cc3ccc([Si](C(C)C)(C(C)C)C(C)C)s3)c3cc4ccccc4cc23)s1)(C(C)C)C(C)C. The normalized spacial score (nSPS) is 12.6. The van der Waals surface area contributed by atoms with Gasteiger partial charge in [0.15, 0.2) is 0 Å². The molecule has 0 N–H and O–H groups in total. The number of hydrogen-bond donors (Lipinski definition) is 0. The molecular weight excluding hydrogens is 697 g/mol. The van der Waals surface area contributed by atoms with Gasteiger partial charge in [-0.25, -0.2) is 0 Å². The highest BCUT2D eigenvalue weighted by Gasteiger charge is 2.46. The van der Waals surface area contributed by atoms with Crippen LogP contribution in [0.4, 0.5) is 0 Å². The van der Waals surface area contributed by atoms with Gasteiger partial charge in [-0.3, -0.25) is 0 Å². The van der Waals surface area contributed by atoms with Gasteiger partial charge in [-0.15, -0.1) is 22.7 Å². The number of hydrogen-bond acceptors (Lipinski definition) is 2. The van der Waals surface area contributed by atoms with Crippen molar-refractivity contribution in [3.63, 3.8) is 0 Å². The van der Waals surface area contributed by atoms with E-state index in [1.165, 1.54) is 32.3 Å². The second-order valence-electron chi connectivity index (χ2n) is 16.7. The van der Waals surface area contributed by atoms with Gasteiger partial charge in [-0.05, 0) is 98.8 Å². The third-order valence-electron chi connectivity index (χ3n) is 12.3. The minimum atomic E-state index is -1.74. The number of fused-ring (bicyclic) bond motifs is 3. The summed E-state index contributed by atoms with van der Waals surface area (Å²) in [6.45, 7) is 29.3. The Morgan fingerprint density at radius 2 is 0.712 bits per heavy atom. The molecule has 6 rings (SSSR count). The summed E-state index contributed by atoms with van der Waals surface area (Å²) >= 11 is 3.89. The highest BCUT2D eigenvalue weighted by Crippen LogP contribution is 2.44. The fourth-order valence-electron chi connectivity index (χ4n) is 10.4. The molecule has 0 aliphatic rings. The zero-order valence-corrected chi connectivity index (χ0v) is 37.0. The monoisotopic (exact) mass is 752 g/mol. The zero-order valence-electron chi connectivity index (χ0n) is 33.4. The van der Waals surface area contributed by atoms with Gasteiger partial charge in [0.1, 0.15) is 16.1 Å². The van der Waals surface area contributed by atoms with Crippen LogP contribution in [0, 0.1) is 23.7 Å². The highest BCUT2D eigenvalue weighted by molar-refractivity contribution is 7.28. The molecule has 2 heterocycles. The van der Waals surface area contributed by atoms with Crippen molar-refractivity contribution in [3.05, 3.63) is 106 Å². The van der Waals surface area contributed by atoms with Crippen LogP contribution < -0.4 is 9.00 Å². The van der Waals surface area contributed by atoms with Crippen LogP contribution in [0.25, 0.3) is 32.3 Å². The molecule has 6 aromatic rings. The second-order valence-corrected chi connectivity index (χ2v) is 31.3. The maximum Gasteiger partial charge on any atom is 0.107 e. The standard InChI is InChI=1S/C48H56S2Si2/c1-31(2)51(32(3)4,33(5)6)47-27-23-39(49-47)21-25-43-41-19-15-16-20-42(41)44(46-30-38-18-14-13-17-37(38)29-45(43)46)26-22-40-24-28-48(50-40)52(34(7)8,35(9)10)36(11)12/h13-20,23-24,27-36H,1-12H3. The first-order valence-electron chi connectivity index (χ1n) is 19.4. The van der Waals surface area contributed by atoms with Crippen LogP contribution in [0.3, 0.4) is 0 Å². The summed E-state index contributed by atoms with van der Waals surface area (Å²) in [6, 6.07) is 31.5. The Kier molecular flexibility index (Phi) is 11.2. The number of thiophene rings is 2. The van der Waals surface area contributed by atoms with Gasteiger partial charge in [0, 0.05) is 11.1 Å². The van der Waals surface area contributed by atoms with E-state index in [2.05, 4.69) is 192 Å². The molecular formula is C48H56S2Si2. The molecule has 0 spiro atoms. The van der Waals surface area contributed by atoms with Gasteiger partial charge in [-0.1, -0.05) is 167 Å². The van der Waals surface area contributed by atoms with Crippen molar-refractivity contribution in [2.75, 3.05) is 0 Å². The molecule has 52 heavy (non-hydrogen) atoms. The average Bonchev–Trinajstić information content (AvgIpc) is 3.75. The maximum atomic E-state index is 3.75. The summed E-state index contributed by atoms with van der Waals surface area (Å²) < 4.78 is 3.19. The van der Waals surface area contributed by atoms with E-state index in [4.69, 9.17) is 0 Å². The molecule has 0 atom stereocenters. The molecule has 268 valence electrons. The Balaban J connectivity index is 1.54. The molecule has 0 radical (unpaired) electrons.